The average Bonchev–Trinajstić information content (AvgIpc) is 2.38. The van der Waals surface area contributed by atoms with Crippen molar-refractivity contribution >= 4 is 15.7 Å². The van der Waals surface area contributed by atoms with Gasteiger partial charge in [0.2, 0.25) is 10.0 Å². The zero-order chi connectivity index (χ0) is 15.0. The molecule has 5 heteroatoms. The molecule has 0 spiro atoms. The van der Waals surface area contributed by atoms with E-state index in [-0.39, 0.29) is 5.75 Å². The van der Waals surface area contributed by atoms with Crippen molar-refractivity contribution in [3.05, 3.63) is 29.8 Å². The van der Waals surface area contributed by atoms with Gasteiger partial charge in [0.05, 0.1) is 5.75 Å². The van der Waals surface area contributed by atoms with Gasteiger partial charge in [0, 0.05) is 18.8 Å². The number of anilines is 1. The van der Waals surface area contributed by atoms with Crippen LogP contribution in [0.15, 0.2) is 24.3 Å². The van der Waals surface area contributed by atoms with Crippen LogP contribution in [0.4, 0.5) is 5.69 Å². The van der Waals surface area contributed by atoms with Gasteiger partial charge in [-0.05, 0) is 30.5 Å². The van der Waals surface area contributed by atoms with Gasteiger partial charge in [-0.3, -0.25) is 0 Å². The number of unbranched alkanes of at least 4 members (excludes halogenated alkanes) is 2. The normalized spacial score (nSPS) is 11.9. The molecule has 0 heterocycles. The molecule has 1 aromatic rings. The van der Waals surface area contributed by atoms with E-state index in [1.54, 1.807) is 22.5 Å². The Morgan fingerprint density at radius 2 is 1.70 bits per heavy atom. The predicted octanol–water partition coefficient (Wildman–Crippen LogP) is 3.00. The van der Waals surface area contributed by atoms with Crippen LogP contribution in [0.1, 0.15) is 45.1 Å². The summed E-state index contributed by atoms with van der Waals surface area (Å²) in [6.07, 6.45) is 3.80. The lowest BCUT2D eigenvalue weighted by Crippen LogP contribution is -2.34. The minimum atomic E-state index is -3.26. The molecule has 0 fully saturated rings. The Kier molecular flexibility index (Phi) is 7.02. The van der Waals surface area contributed by atoms with Crippen molar-refractivity contribution in [3.8, 4) is 0 Å². The summed E-state index contributed by atoms with van der Waals surface area (Å²) in [6.45, 7) is 5.37. The third-order valence-corrected chi connectivity index (χ3v) is 5.07. The quantitative estimate of drug-likeness (QED) is 0.713. The van der Waals surface area contributed by atoms with Crippen molar-refractivity contribution in [1.29, 1.82) is 0 Å². The first kappa shape index (κ1) is 17.0. The minimum absolute atomic E-state index is 0.0332. The Bertz CT molecular complexity index is 492. The summed E-state index contributed by atoms with van der Waals surface area (Å²) in [4.78, 5) is 0. The van der Waals surface area contributed by atoms with Crippen LogP contribution < -0.4 is 5.73 Å². The average molecular weight is 298 g/mol. The molecule has 1 rings (SSSR count). The van der Waals surface area contributed by atoms with Gasteiger partial charge in [0.15, 0.2) is 0 Å². The summed E-state index contributed by atoms with van der Waals surface area (Å²) < 4.78 is 26.6. The highest BCUT2D eigenvalue weighted by molar-refractivity contribution is 7.88. The molecule has 0 saturated carbocycles. The molecule has 0 aliphatic rings. The number of benzene rings is 1. The van der Waals surface area contributed by atoms with Gasteiger partial charge < -0.3 is 5.73 Å². The number of rotatable bonds is 9. The highest BCUT2D eigenvalue weighted by Gasteiger charge is 2.21. The van der Waals surface area contributed by atoms with E-state index < -0.39 is 10.0 Å². The van der Waals surface area contributed by atoms with Crippen LogP contribution >= 0.6 is 0 Å². The van der Waals surface area contributed by atoms with Crippen LogP contribution in [0.2, 0.25) is 0 Å². The van der Waals surface area contributed by atoms with Crippen molar-refractivity contribution in [2.24, 2.45) is 0 Å². The van der Waals surface area contributed by atoms with Crippen molar-refractivity contribution in [1.82, 2.24) is 4.31 Å². The SMILES string of the molecule is CCCCN(CCCC)S(=O)(=O)Cc1cccc(N)c1. The summed E-state index contributed by atoms with van der Waals surface area (Å²) in [6, 6.07) is 7.10. The molecule has 0 aromatic heterocycles. The topological polar surface area (TPSA) is 63.4 Å². The molecule has 1 aromatic carbocycles. The Morgan fingerprint density at radius 3 is 2.20 bits per heavy atom. The lowest BCUT2D eigenvalue weighted by Gasteiger charge is -2.22. The summed E-state index contributed by atoms with van der Waals surface area (Å²) in [5.74, 6) is 0.0332. The third kappa shape index (κ3) is 5.51. The number of sulfonamides is 1. The van der Waals surface area contributed by atoms with E-state index in [9.17, 15) is 8.42 Å². The second kappa shape index (κ2) is 8.27. The fraction of sp³-hybridized carbons (Fsp3) is 0.600. The molecule has 114 valence electrons. The van der Waals surface area contributed by atoms with Crippen molar-refractivity contribution in [3.63, 3.8) is 0 Å². The van der Waals surface area contributed by atoms with Crippen LogP contribution in [-0.4, -0.2) is 25.8 Å². The predicted molar refractivity (Wildman–Crippen MR) is 84.9 cm³/mol. The Labute approximate surface area is 123 Å². The van der Waals surface area contributed by atoms with Crippen LogP contribution in [0.25, 0.3) is 0 Å². The van der Waals surface area contributed by atoms with Gasteiger partial charge in [-0.1, -0.05) is 38.8 Å². The van der Waals surface area contributed by atoms with E-state index in [1.807, 2.05) is 6.07 Å². The maximum absolute atomic E-state index is 12.5. The number of nitrogen functional groups attached to an aromatic ring is 1. The van der Waals surface area contributed by atoms with Gasteiger partial charge in [-0.25, -0.2) is 12.7 Å². The molecular weight excluding hydrogens is 272 g/mol. The molecule has 0 saturated heterocycles. The Balaban J connectivity index is 2.80. The first-order valence-corrected chi connectivity index (χ1v) is 8.92. The molecule has 0 bridgehead atoms. The highest BCUT2D eigenvalue weighted by Crippen LogP contribution is 2.15. The van der Waals surface area contributed by atoms with Crippen molar-refractivity contribution < 1.29 is 8.42 Å². The fourth-order valence-electron chi connectivity index (χ4n) is 2.04. The van der Waals surface area contributed by atoms with E-state index in [2.05, 4.69) is 13.8 Å². The maximum Gasteiger partial charge on any atom is 0.218 e. The van der Waals surface area contributed by atoms with E-state index in [0.29, 0.717) is 18.8 Å². The standard InChI is InChI=1S/C15H26N2O2S/c1-3-5-10-17(11-6-4-2)20(18,19)13-14-8-7-9-15(16)12-14/h7-9,12H,3-6,10-11,13,16H2,1-2H3. The number of nitrogens with two attached hydrogens (primary N) is 1. The molecule has 0 amide bonds. The zero-order valence-electron chi connectivity index (χ0n) is 12.5. The molecular formula is C15H26N2O2S. The molecule has 0 aliphatic heterocycles. The number of nitrogens with zero attached hydrogens (tertiary/aromatic N) is 1. The second-order valence-electron chi connectivity index (χ2n) is 5.11. The summed E-state index contributed by atoms with van der Waals surface area (Å²) in [5, 5.41) is 0. The molecule has 0 radical (unpaired) electrons. The van der Waals surface area contributed by atoms with Crippen LogP contribution in [0, 0.1) is 0 Å². The van der Waals surface area contributed by atoms with Gasteiger partial charge >= 0.3 is 0 Å². The monoisotopic (exact) mass is 298 g/mol. The first-order chi connectivity index (χ1) is 9.49. The minimum Gasteiger partial charge on any atom is -0.399 e. The summed E-state index contributed by atoms with van der Waals surface area (Å²) in [7, 11) is -3.26. The van der Waals surface area contributed by atoms with E-state index >= 15 is 0 Å². The second-order valence-corrected chi connectivity index (χ2v) is 7.08. The van der Waals surface area contributed by atoms with E-state index in [4.69, 9.17) is 5.73 Å². The summed E-state index contributed by atoms with van der Waals surface area (Å²) in [5.41, 5.74) is 7.06. The summed E-state index contributed by atoms with van der Waals surface area (Å²) >= 11 is 0. The molecule has 0 atom stereocenters. The van der Waals surface area contributed by atoms with Gasteiger partial charge in [-0.2, -0.15) is 0 Å². The molecule has 20 heavy (non-hydrogen) atoms. The Morgan fingerprint density at radius 1 is 1.10 bits per heavy atom. The van der Waals surface area contributed by atoms with Crippen LogP contribution in [0.5, 0.6) is 0 Å². The smallest absolute Gasteiger partial charge is 0.218 e. The zero-order valence-corrected chi connectivity index (χ0v) is 13.3. The van der Waals surface area contributed by atoms with Gasteiger partial charge in [0.25, 0.3) is 0 Å². The molecule has 0 unspecified atom stereocenters. The first-order valence-electron chi connectivity index (χ1n) is 7.31. The van der Waals surface area contributed by atoms with Crippen LogP contribution in [-0.2, 0) is 15.8 Å². The lowest BCUT2D eigenvalue weighted by molar-refractivity contribution is 0.394. The molecule has 2 N–H and O–H groups in total. The lowest BCUT2D eigenvalue weighted by atomic mass is 10.2. The van der Waals surface area contributed by atoms with Crippen LogP contribution in [0.3, 0.4) is 0 Å². The van der Waals surface area contributed by atoms with Gasteiger partial charge in [-0.15, -0.1) is 0 Å². The van der Waals surface area contributed by atoms with Crippen molar-refractivity contribution in [2.75, 3.05) is 18.8 Å². The maximum atomic E-state index is 12.5. The largest absolute Gasteiger partial charge is 0.399 e. The van der Waals surface area contributed by atoms with E-state index in [1.165, 1.54) is 0 Å². The number of hydrogen-bond donors (Lipinski definition) is 1. The fourth-order valence-corrected chi connectivity index (χ4v) is 3.64. The van der Waals surface area contributed by atoms with E-state index in [0.717, 1.165) is 31.2 Å². The van der Waals surface area contributed by atoms with Crippen molar-refractivity contribution in [2.45, 2.75) is 45.3 Å². The Hall–Kier alpha value is -1.07. The molecule has 0 aliphatic carbocycles. The van der Waals surface area contributed by atoms with Gasteiger partial charge in [0.1, 0.15) is 0 Å². The third-order valence-electron chi connectivity index (χ3n) is 3.22. The highest BCUT2D eigenvalue weighted by atomic mass is 32.2. The molecule has 4 nitrogen and oxygen atoms in total. The number of hydrogen-bond acceptors (Lipinski definition) is 3.